The van der Waals surface area contributed by atoms with Crippen LogP contribution in [0.2, 0.25) is 0 Å². The van der Waals surface area contributed by atoms with Crippen molar-refractivity contribution in [1.29, 1.82) is 5.41 Å². The van der Waals surface area contributed by atoms with Gasteiger partial charge in [0.25, 0.3) is 5.91 Å². The highest BCUT2D eigenvalue weighted by atomic mass is 32.2. The molecule has 8 heteroatoms. The number of aryl methyl sites for hydroxylation is 3. The van der Waals surface area contributed by atoms with Crippen molar-refractivity contribution in [3.8, 4) is 5.69 Å². The molecular weight excluding hydrogens is 449 g/mol. The summed E-state index contributed by atoms with van der Waals surface area (Å²) < 4.78 is 15.4. The Bertz CT molecular complexity index is 1460. The summed E-state index contributed by atoms with van der Waals surface area (Å²) in [5.74, 6) is -0.847. The lowest BCUT2D eigenvalue weighted by molar-refractivity contribution is -0.114. The molecule has 1 N–H and O–H groups in total. The van der Waals surface area contributed by atoms with Crippen molar-refractivity contribution in [2.45, 2.75) is 27.7 Å². The quantitative estimate of drug-likeness (QED) is 0.512. The second kappa shape index (κ2) is 8.22. The Hall–Kier alpha value is -3.78. The molecule has 0 radical (unpaired) electrons. The number of rotatable bonds is 3. The number of aliphatic imine (C=N–C) groups is 1. The number of hydrogen-bond acceptors (Lipinski definition) is 4. The molecule has 170 valence electrons. The highest BCUT2D eigenvalue weighted by molar-refractivity contribution is 8.27. The van der Waals surface area contributed by atoms with Crippen LogP contribution in [-0.4, -0.2) is 31.5 Å². The van der Waals surface area contributed by atoms with Crippen LogP contribution < -0.4 is 0 Å². The van der Waals surface area contributed by atoms with Gasteiger partial charge in [0, 0.05) is 22.6 Å². The van der Waals surface area contributed by atoms with Crippen LogP contribution in [0, 0.1) is 38.9 Å². The monoisotopic (exact) mass is 471 g/mol. The Balaban J connectivity index is 1.51. The SMILES string of the molecule is Cc1ccc(-n2c(C)cc(/C=C3/C(=N)N4N=C(c5ccc(F)cc5)SC4=NC3=O)c2C)cc1C. The fourth-order valence-electron chi connectivity index (χ4n) is 4.05. The predicted molar refractivity (Wildman–Crippen MR) is 135 cm³/mol. The van der Waals surface area contributed by atoms with Crippen LogP contribution in [0.25, 0.3) is 11.8 Å². The molecule has 5 rings (SSSR count). The van der Waals surface area contributed by atoms with E-state index in [0.717, 1.165) is 22.6 Å². The lowest BCUT2D eigenvalue weighted by Gasteiger charge is -2.20. The van der Waals surface area contributed by atoms with Crippen LogP contribution in [0.5, 0.6) is 0 Å². The Morgan fingerprint density at radius 1 is 1.00 bits per heavy atom. The summed E-state index contributed by atoms with van der Waals surface area (Å²) in [4.78, 5) is 17.0. The Labute approximate surface area is 201 Å². The molecule has 0 atom stereocenters. The molecule has 3 heterocycles. The number of carbonyl (C=O) groups excluding carboxylic acids is 1. The fourth-order valence-corrected chi connectivity index (χ4v) is 4.95. The minimum absolute atomic E-state index is 0.0319. The molecule has 1 aromatic heterocycles. The van der Waals surface area contributed by atoms with Gasteiger partial charge in [-0.3, -0.25) is 10.2 Å². The van der Waals surface area contributed by atoms with Gasteiger partial charge in [-0.05, 0) is 105 Å². The molecule has 34 heavy (non-hydrogen) atoms. The van der Waals surface area contributed by atoms with Gasteiger partial charge in [0.15, 0.2) is 5.84 Å². The van der Waals surface area contributed by atoms with E-state index in [1.807, 2.05) is 19.9 Å². The van der Waals surface area contributed by atoms with Gasteiger partial charge in [-0.2, -0.15) is 15.1 Å². The number of nitrogens with one attached hydrogen (secondary N) is 1. The number of amides is 1. The van der Waals surface area contributed by atoms with Crippen molar-refractivity contribution in [3.63, 3.8) is 0 Å². The maximum Gasteiger partial charge on any atom is 0.283 e. The summed E-state index contributed by atoms with van der Waals surface area (Å²) >= 11 is 1.19. The molecule has 0 aliphatic carbocycles. The summed E-state index contributed by atoms with van der Waals surface area (Å²) in [5.41, 5.74) is 7.20. The third-order valence-electron chi connectivity index (χ3n) is 6.06. The summed E-state index contributed by atoms with van der Waals surface area (Å²) in [6.45, 7) is 8.18. The first-order valence-electron chi connectivity index (χ1n) is 10.8. The lowest BCUT2D eigenvalue weighted by Crippen LogP contribution is -2.35. The van der Waals surface area contributed by atoms with Gasteiger partial charge >= 0.3 is 0 Å². The number of benzene rings is 2. The minimum Gasteiger partial charge on any atom is -0.318 e. The third-order valence-corrected chi connectivity index (χ3v) is 7.02. The third kappa shape index (κ3) is 3.70. The zero-order valence-electron chi connectivity index (χ0n) is 19.2. The van der Waals surface area contributed by atoms with Crippen LogP contribution in [0.1, 0.15) is 33.6 Å². The first kappa shape index (κ1) is 22.0. The van der Waals surface area contributed by atoms with E-state index in [0.29, 0.717) is 15.8 Å². The number of hydrazone groups is 1. The molecule has 0 unspecified atom stereocenters. The molecule has 1 amide bonds. The van der Waals surface area contributed by atoms with E-state index in [1.54, 1.807) is 18.2 Å². The molecule has 2 aliphatic heterocycles. The zero-order chi connectivity index (χ0) is 24.1. The number of carbonyl (C=O) groups is 1. The van der Waals surface area contributed by atoms with Gasteiger partial charge in [0.2, 0.25) is 5.17 Å². The Morgan fingerprint density at radius 3 is 2.44 bits per heavy atom. The number of amidine groups is 2. The van der Waals surface area contributed by atoms with Gasteiger partial charge in [0.1, 0.15) is 10.9 Å². The Kier molecular flexibility index (Phi) is 5.32. The van der Waals surface area contributed by atoms with Crippen molar-refractivity contribution in [2.24, 2.45) is 10.1 Å². The standard InChI is InChI=1S/C26H22FN5OS/c1-14-5-10-21(11-15(14)2)31-16(3)12-19(17(31)4)13-22-23(28)32-26(29-24(22)33)34-25(30-32)18-6-8-20(27)9-7-18/h5-13,28H,1-4H3/b22-13-,28-23?. The summed E-state index contributed by atoms with van der Waals surface area (Å²) in [7, 11) is 0. The molecule has 0 saturated carbocycles. The molecule has 6 nitrogen and oxygen atoms in total. The molecule has 3 aromatic rings. The van der Waals surface area contributed by atoms with Crippen molar-refractivity contribution >= 4 is 39.8 Å². The van der Waals surface area contributed by atoms with Crippen LogP contribution >= 0.6 is 11.8 Å². The van der Waals surface area contributed by atoms with E-state index >= 15 is 0 Å². The van der Waals surface area contributed by atoms with Gasteiger partial charge < -0.3 is 4.57 Å². The van der Waals surface area contributed by atoms with Gasteiger partial charge in [-0.25, -0.2) is 4.39 Å². The van der Waals surface area contributed by atoms with Crippen molar-refractivity contribution in [1.82, 2.24) is 9.58 Å². The molecule has 2 aliphatic rings. The number of halogens is 1. The highest BCUT2D eigenvalue weighted by Gasteiger charge is 2.36. The normalized spacial score (nSPS) is 16.7. The van der Waals surface area contributed by atoms with E-state index < -0.39 is 5.91 Å². The van der Waals surface area contributed by atoms with Crippen LogP contribution in [0.3, 0.4) is 0 Å². The smallest absolute Gasteiger partial charge is 0.283 e. The van der Waals surface area contributed by atoms with E-state index in [2.05, 4.69) is 46.7 Å². The van der Waals surface area contributed by atoms with Crippen molar-refractivity contribution < 1.29 is 9.18 Å². The highest BCUT2D eigenvalue weighted by Crippen LogP contribution is 2.32. The lowest BCUT2D eigenvalue weighted by atomic mass is 10.1. The van der Waals surface area contributed by atoms with Crippen molar-refractivity contribution in [2.75, 3.05) is 0 Å². The largest absolute Gasteiger partial charge is 0.318 e. The van der Waals surface area contributed by atoms with Gasteiger partial charge in [-0.1, -0.05) is 6.07 Å². The van der Waals surface area contributed by atoms with E-state index in [1.165, 1.54) is 40.0 Å². The van der Waals surface area contributed by atoms with Crippen LogP contribution in [-0.2, 0) is 4.79 Å². The molecule has 0 bridgehead atoms. The molecule has 0 fully saturated rings. The average molecular weight is 472 g/mol. The minimum atomic E-state index is -0.477. The number of hydrogen-bond donors (Lipinski definition) is 1. The average Bonchev–Trinajstić information content (AvgIpc) is 3.34. The fraction of sp³-hybridized carbons (Fsp3) is 0.154. The predicted octanol–water partition coefficient (Wildman–Crippen LogP) is 5.52. The van der Waals surface area contributed by atoms with Gasteiger partial charge in [0.05, 0.1) is 5.57 Å². The number of aromatic nitrogens is 1. The molecule has 0 saturated heterocycles. The van der Waals surface area contributed by atoms with E-state index in [9.17, 15) is 9.18 Å². The Morgan fingerprint density at radius 2 is 1.74 bits per heavy atom. The summed E-state index contributed by atoms with van der Waals surface area (Å²) in [6.07, 6.45) is 1.71. The second-order valence-electron chi connectivity index (χ2n) is 8.36. The number of thioether (sulfide) groups is 1. The van der Waals surface area contributed by atoms with Gasteiger partial charge in [-0.15, -0.1) is 0 Å². The summed E-state index contributed by atoms with van der Waals surface area (Å²) in [6, 6.07) is 14.3. The maximum atomic E-state index is 13.3. The maximum absolute atomic E-state index is 13.3. The van der Waals surface area contributed by atoms with E-state index in [4.69, 9.17) is 5.41 Å². The van der Waals surface area contributed by atoms with Crippen LogP contribution in [0.15, 0.2) is 64.2 Å². The summed E-state index contributed by atoms with van der Waals surface area (Å²) in [5, 5.41) is 15.4. The first-order valence-corrected chi connectivity index (χ1v) is 11.6. The topological polar surface area (TPSA) is 73.8 Å². The molecular formula is C26H22FN5OS. The molecule has 0 spiro atoms. The number of nitrogens with zero attached hydrogens (tertiary/aromatic N) is 4. The first-order chi connectivity index (χ1) is 16.2. The van der Waals surface area contributed by atoms with E-state index in [-0.39, 0.29) is 17.2 Å². The zero-order valence-corrected chi connectivity index (χ0v) is 20.0. The molecule has 2 aromatic carbocycles. The second-order valence-corrected chi connectivity index (χ2v) is 9.32. The van der Waals surface area contributed by atoms with Crippen molar-refractivity contribution in [3.05, 3.63) is 93.6 Å². The number of fused-ring (bicyclic) bond motifs is 1. The van der Waals surface area contributed by atoms with Crippen LogP contribution in [0.4, 0.5) is 4.39 Å².